The molecule has 1 amide bonds. The number of hydrogen-bond donors (Lipinski definition) is 1. The minimum absolute atomic E-state index is 0.0169. The lowest BCUT2D eigenvalue weighted by molar-refractivity contribution is -0.122. The van der Waals surface area contributed by atoms with Crippen molar-refractivity contribution in [3.8, 4) is 0 Å². The van der Waals surface area contributed by atoms with E-state index in [1.54, 1.807) is 4.31 Å². The molecule has 0 aromatic heterocycles. The average Bonchev–Trinajstić information content (AvgIpc) is 2.73. The third-order valence-corrected chi connectivity index (χ3v) is 8.26. The summed E-state index contributed by atoms with van der Waals surface area (Å²) in [7, 11) is -3.62. The summed E-state index contributed by atoms with van der Waals surface area (Å²) >= 11 is 0. The van der Waals surface area contributed by atoms with E-state index in [4.69, 9.17) is 0 Å². The molecular formula is C25H43N3O3S. The van der Waals surface area contributed by atoms with Crippen LogP contribution in [0.5, 0.6) is 0 Å². The molecule has 1 heterocycles. The van der Waals surface area contributed by atoms with Gasteiger partial charge in [0.1, 0.15) is 0 Å². The van der Waals surface area contributed by atoms with E-state index in [2.05, 4.69) is 65.9 Å². The molecule has 1 aromatic rings. The molecule has 1 aromatic carbocycles. The highest BCUT2D eigenvalue weighted by atomic mass is 32.2. The second-order valence-electron chi connectivity index (χ2n) is 9.88. The molecule has 0 bridgehead atoms. The van der Waals surface area contributed by atoms with Gasteiger partial charge in [0.25, 0.3) is 0 Å². The van der Waals surface area contributed by atoms with E-state index in [9.17, 15) is 13.2 Å². The Morgan fingerprint density at radius 3 is 1.91 bits per heavy atom. The highest BCUT2D eigenvalue weighted by Crippen LogP contribution is 2.36. The maximum absolute atomic E-state index is 13.9. The molecule has 182 valence electrons. The summed E-state index contributed by atoms with van der Waals surface area (Å²) in [6.07, 6.45) is 2.02. The number of unbranched alkanes of at least 4 members (excludes halogenated alkanes) is 1. The Balaban J connectivity index is 2.24. The molecule has 0 spiro atoms. The number of carbonyl (C=O) groups excluding carboxylic acids is 1. The van der Waals surface area contributed by atoms with Crippen LogP contribution in [0.3, 0.4) is 0 Å². The fraction of sp³-hybridized carbons (Fsp3) is 0.720. The zero-order chi connectivity index (χ0) is 24.1. The molecule has 6 nitrogen and oxygen atoms in total. The van der Waals surface area contributed by atoms with Crippen molar-refractivity contribution < 1.29 is 13.2 Å². The molecule has 7 heteroatoms. The first kappa shape index (κ1) is 26.8. The van der Waals surface area contributed by atoms with Crippen molar-refractivity contribution in [2.75, 3.05) is 39.3 Å². The van der Waals surface area contributed by atoms with Gasteiger partial charge in [0.15, 0.2) is 0 Å². The SMILES string of the molecule is CCCCNC(=O)CN1CCN(S(=O)(=O)c2c(C(C)C)cc(C(C)C)cc2C(C)C)CC1. The third kappa shape index (κ3) is 6.55. The number of rotatable bonds is 10. The molecule has 1 aliphatic heterocycles. The largest absolute Gasteiger partial charge is 0.355 e. The van der Waals surface area contributed by atoms with Crippen molar-refractivity contribution in [1.29, 1.82) is 0 Å². The molecular weight excluding hydrogens is 422 g/mol. The fourth-order valence-corrected chi connectivity index (χ4v) is 6.20. The van der Waals surface area contributed by atoms with Gasteiger partial charge in [0.2, 0.25) is 15.9 Å². The van der Waals surface area contributed by atoms with Gasteiger partial charge in [-0.1, -0.05) is 67.0 Å². The van der Waals surface area contributed by atoms with Gasteiger partial charge in [0.05, 0.1) is 11.4 Å². The number of benzene rings is 1. The van der Waals surface area contributed by atoms with Crippen LogP contribution in [0, 0.1) is 0 Å². The van der Waals surface area contributed by atoms with Gasteiger partial charge in [-0.25, -0.2) is 8.42 Å². The molecule has 1 aliphatic rings. The maximum atomic E-state index is 13.9. The molecule has 0 atom stereocenters. The van der Waals surface area contributed by atoms with Crippen LogP contribution in [0.2, 0.25) is 0 Å². The van der Waals surface area contributed by atoms with E-state index in [0.717, 1.165) is 24.0 Å². The normalized spacial score (nSPS) is 16.3. The molecule has 0 aliphatic carbocycles. The lowest BCUT2D eigenvalue weighted by Gasteiger charge is -2.35. The monoisotopic (exact) mass is 465 g/mol. The van der Waals surface area contributed by atoms with Crippen LogP contribution in [0.25, 0.3) is 0 Å². The Bertz CT molecular complexity index is 841. The van der Waals surface area contributed by atoms with Crippen molar-refractivity contribution >= 4 is 15.9 Å². The molecule has 0 unspecified atom stereocenters. The van der Waals surface area contributed by atoms with E-state index in [0.29, 0.717) is 50.1 Å². The predicted octanol–water partition coefficient (Wildman–Crippen LogP) is 4.28. The number of nitrogens with one attached hydrogen (secondary N) is 1. The first-order valence-corrected chi connectivity index (χ1v) is 13.6. The smallest absolute Gasteiger partial charge is 0.243 e. The minimum Gasteiger partial charge on any atom is -0.355 e. The van der Waals surface area contributed by atoms with Gasteiger partial charge in [-0.15, -0.1) is 0 Å². The summed E-state index contributed by atoms with van der Waals surface area (Å²) in [5.41, 5.74) is 3.02. The Morgan fingerprint density at radius 1 is 0.938 bits per heavy atom. The van der Waals surface area contributed by atoms with Gasteiger partial charge in [-0.05, 0) is 40.9 Å². The molecule has 0 radical (unpaired) electrons. The molecule has 0 saturated carbocycles. The topological polar surface area (TPSA) is 69.7 Å². The van der Waals surface area contributed by atoms with E-state index in [1.165, 1.54) is 5.56 Å². The second-order valence-corrected chi connectivity index (χ2v) is 11.8. The van der Waals surface area contributed by atoms with Crippen molar-refractivity contribution in [1.82, 2.24) is 14.5 Å². The van der Waals surface area contributed by atoms with Gasteiger partial charge in [-0.3, -0.25) is 9.69 Å². The summed E-state index contributed by atoms with van der Waals surface area (Å²) < 4.78 is 29.3. The van der Waals surface area contributed by atoms with Crippen molar-refractivity contribution in [3.63, 3.8) is 0 Å². The van der Waals surface area contributed by atoms with Crippen LogP contribution in [0.4, 0.5) is 0 Å². The number of nitrogens with zero attached hydrogens (tertiary/aromatic N) is 2. The van der Waals surface area contributed by atoms with Gasteiger partial charge < -0.3 is 5.32 Å². The Morgan fingerprint density at radius 2 is 1.47 bits per heavy atom. The molecule has 1 N–H and O–H groups in total. The summed E-state index contributed by atoms with van der Waals surface area (Å²) in [4.78, 5) is 14.7. The molecule has 32 heavy (non-hydrogen) atoms. The first-order valence-electron chi connectivity index (χ1n) is 12.2. The van der Waals surface area contributed by atoms with Crippen LogP contribution in [-0.2, 0) is 14.8 Å². The summed E-state index contributed by atoms with van der Waals surface area (Å²) in [5.74, 6) is 0.588. The number of sulfonamides is 1. The quantitative estimate of drug-likeness (QED) is 0.524. The van der Waals surface area contributed by atoms with E-state index in [1.807, 2.05) is 4.90 Å². The van der Waals surface area contributed by atoms with E-state index in [-0.39, 0.29) is 17.7 Å². The van der Waals surface area contributed by atoms with Crippen LogP contribution in [0.15, 0.2) is 17.0 Å². The maximum Gasteiger partial charge on any atom is 0.243 e. The Labute approximate surface area is 195 Å². The standard InChI is InChI=1S/C25H43N3O3S/c1-8-9-10-26-24(29)17-27-11-13-28(14-12-27)32(30,31)25-22(19(4)5)15-21(18(2)3)16-23(25)20(6)7/h15-16,18-20H,8-14,17H2,1-7H3,(H,26,29). The number of amides is 1. The molecule has 1 fully saturated rings. The second kappa shape index (κ2) is 11.6. The zero-order valence-corrected chi connectivity index (χ0v) is 21.9. The minimum atomic E-state index is -3.62. The van der Waals surface area contributed by atoms with Crippen molar-refractivity contribution in [2.24, 2.45) is 0 Å². The van der Waals surface area contributed by atoms with Gasteiger partial charge in [0, 0.05) is 32.7 Å². The third-order valence-electron chi connectivity index (χ3n) is 6.23. The van der Waals surface area contributed by atoms with Crippen molar-refractivity contribution in [2.45, 2.75) is 84.0 Å². The predicted molar refractivity (Wildman–Crippen MR) is 132 cm³/mol. The number of piperazine rings is 1. The Hall–Kier alpha value is -1.44. The number of hydrogen-bond acceptors (Lipinski definition) is 4. The molecule has 2 rings (SSSR count). The highest BCUT2D eigenvalue weighted by molar-refractivity contribution is 7.89. The zero-order valence-electron chi connectivity index (χ0n) is 21.1. The van der Waals surface area contributed by atoms with Crippen molar-refractivity contribution in [3.05, 3.63) is 28.8 Å². The summed E-state index contributed by atoms with van der Waals surface area (Å²) in [5, 5.41) is 2.94. The molecule has 1 saturated heterocycles. The lowest BCUT2D eigenvalue weighted by Crippen LogP contribution is -2.51. The van der Waals surface area contributed by atoms with E-state index >= 15 is 0 Å². The van der Waals surface area contributed by atoms with Gasteiger partial charge >= 0.3 is 0 Å². The van der Waals surface area contributed by atoms with E-state index < -0.39 is 10.0 Å². The summed E-state index contributed by atoms with van der Waals surface area (Å²) in [6.45, 7) is 17.6. The number of carbonyl (C=O) groups is 1. The average molecular weight is 466 g/mol. The lowest BCUT2D eigenvalue weighted by atomic mass is 9.89. The van der Waals surface area contributed by atoms with Crippen LogP contribution < -0.4 is 5.32 Å². The fourth-order valence-electron chi connectivity index (χ4n) is 4.11. The first-order chi connectivity index (χ1) is 15.0. The van der Waals surface area contributed by atoms with Crippen LogP contribution in [-0.4, -0.2) is 62.8 Å². The van der Waals surface area contributed by atoms with Crippen LogP contribution >= 0.6 is 0 Å². The van der Waals surface area contributed by atoms with Gasteiger partial charge in [-0.2, -0.15) is 4.31 Å². The van der Waals surface area contributed by atoms with Crippen LogP contribution in [0.1, 0.15) is 95.8 Å². The summed E-state index contributed by atoms with van der Waals surface area (Å²) in [6, 6.07) is 4.18. The highest BCUT2D eigenvalue weighted by Gasteiger charge is 2.34. The Kier molecular flexibility index (Phi) is 9.73.